The largest absolute Gasteiger partial charge is 0.345 e. The van der Waals surface area contributed by atoms with Gasteiger partial charge in [0.25, 0.3) is 0 Å². The van der Waals surface area contributed by atoms with E-state index in [2.05, 4.69) is 4.72 Å². The number of nitrogens with one attached hydrogen (secondary N) is 1. The highest BCUT2D eigenvalue weighted by Gasteiger charge is 2.11. The van der Waals surface area contributed by atoms with Crippen molar-refractivity contribution in [1.82, 2.24) is 4.72 Å². The van der Waals surface area contributed by atoms with Crippen molar-refractivity contribution >= 4 is 21.4 Å². The first-order valence-corrected chi connectivity index (χ1v) is 8.02. The Kier molecular flexibility index (Phi) is 4.62. The van der Waals surface area contributed by atoms with E-state index < -0.39 is 10.0 Å². The molecule has 0 aliphatic rings. The molecular formula is C15H19N3O2S. The number of rotatable bonds is 5. The molecule has 3 N–H and O–H groups in total. The van der Waals surface area contributed by atoms with Gasteiger partial charge in [-0.3, -0.25) is 0 Å². The Bertz CT molecular complexity index is 712. The van der Waals surface area contributed by atoms with E-state index in [1.165, 1.54) is 7.05 Å². The van der Waals surface area contributed by atoms with Crippen molar-refractivity contribution in [3.63, 3.8) is 0 Å². The van der Waals surface area contributed by atoms with E-state index in [0.29, 0.717) is 6.54 Å². The van der Waals surface area contributed by atoms with Gasteiger partial charge < -0.3 is 10.6 Å². The molecule has 0 aromatic heterocycles. The van der Waals surface area contributed by atoms with Crippen LogP contribution in [0.25, 0.3) is 0 Å². The number of nitrogens with zero attached hydrogens (tertiary/aromatic N) is 1. The fourth-order valence-corrected chi connectivity index (χ4v) is 2.74. The van der Waals surface area contributed by atoms with E-state index in [1.54, 1.807) is 24.3 Å². The second-order valence-corrected chi connectivity index (χ2v) is 6.52. The molecule has 0 unspecified atom stereocenters. The van der Waals surface area contributed by atoms with Crippen molar-refractivity contribution in [3.8, 4) is 0 Å². The van der Waals surface area contributed by atoms with Crippen LogP contribution in [0.2, 0.25) is 0 Å². The molecule has 0 amide bonds. The maximum Gasteiger partial charge on any atom is 0.240 e. The maximum atomic E-state index is 11.7. The normalized spacial score (nSPS) is 11.4. The van der Waals surface area contributed by atoms with Crippen molar-refractivity contribution in [2.45, 2.75) is 11.4 Å². The molecular weight excluding hydrogens is 286 g/mol. The van der Waals surface area contributed by atoms with Gasteiger partial charge in [0.2, 0.25) is 10.0 Å². The number of anilines is 2. The van der Waals surface area contributed by atoms with Gasteiger partial charge in [0, 0.05) is 25.0 Å². The summed E-state index contributed by atoms with van der Waals surface area (Å²) < 4.78 is 25.7. The van der Waals surface area contributed by atoms with Gasteiger partial charge in [-0.15, -0.1) is 0 Å². The minimum absolute atomic E-state index is 0.248. The minimum atomic E-state index is -3.40. The predicted octanol–water partition coefficient (Wildman–Crippen LogP) is 1.82. The van der Waals surface area contributed by atoms with Crippen LogP contribution < -0.4 is 15.4 Å². The summed E-state index contributed by atoms with van der Waals surface area (Å²) in [5, 5.41) is 0. The van der Waals surface area contributed by atoms with Gasteiger partial charge in [-0.1, -0.05) is 12.1 Å². The van der Waals surface area contributed by atoms with Crippen LogP contribution in [0.5, 0.6) is 0 Å². The lowest BCUT2D eigenvalue weighted by Gasteiger charge is -2.20. The lowest BCUT2D eigenvalue weighted by molar-refractivity contribution is 0.588. The Morgan fingerprint density at radius 3 is 2.33 bits per heavy atom. The molecule has 112 valence electrons. The molecule has 0 spiro atoms. The zero-order chi connectivity index (χ0) is 15.5. The van der Waals surface area contributed by atoms with E-state index in [0.717, 1.165) is 16.9 Å². The summed E-state index contributed by atoms with van der Waals surface area (Å²) in [6.45, 7) is 0.487. The second kappa shape index (κ2) is 6.26. The molecule has 2 aromatic rings. The summed E-state index contributed by atoms with van der Waals surface area (Å²) >= 11 is 0. The van der Waals surface area contributed by atoms with Gasteiger partial charge in [-0.2, -0.15) is 0 Å². The molecule has 0 saturated heterocycles. The van der Waals surface area contributed by atoms with E-state index in [9.17, 15) is 8.42 Å². The third-order valence-corrected chi connectivity index (χ3v) is 4.77. The Balaban J connectivity index is 2.29. The molecule has 21 heavy (non-hydrogen) atoms. The van der Waals surface area contributed by atoms with E-state index in [1.807, 2.05) is 36.2 Å². The third kappa shape index (κ3) is 3.41. The van der Waals surface area contributed by atoms with Crippen LogP contribution in [-0.4, -0.2) is 22.5 Å². The fourth-order valence-electron chi connectivity index (χ4n) is 2.01. The van der Waals surface area contributed by atoms with Gasteiger partial charge in [0.05, 0.1) is 4.90 Å². The first kappa shape index (κ1) is 15.5. The minimum Gasteiger partial charge on any atom is -0.345 e. The molecule has 0 saturated carbocycles. The monoisotopic (exact) mass is 305 g/mol. The van der Waals surface area contributed by atoms with E-state index >= 15 is 0 Å². The van der Waals surface area contributed by atoms with Gasteiger partial charge in [-0.05, 0) is 49.0 Å². The Morgan fingerprint density at radius 1 is 1.10 bits per heavy atom. The molecule has 5 nitrogen and oxygen atoms in total. The summed E-state index contributed by atoms with van der Waals surface area (Å²) in [5.41, 5.74) is 8.60. The van der Waals surface area contributed by atoms with Crippen LogP contribution >= 0.6 is 0 Å². The lowest BCUT2D eigenvalue weighted by Crippen LogP contribution is -2.18. The standard InChI is InChI=1S/C15H19N3O2S/c1-17-21(19,20)15-8-6-13(7-9-15)18(2)14-5-3-4-12(10-14)11-16/h3-10,17H,11,16H2,1-2H3. The van der Waals surface area contributed by atoms with Crippen molar-refractivity contribution in [2.24, 2.45) is 5.73 Å². The molecule has 0 bridgehead atoms. The van der Waals surface area contributed by atoms with Gasteiger partial charge in [0.1, 0.15) is 0 Å². The molecule has 0 heterocycles. The maximum absolute atomic E-state index is 11.7. The quantitative estimate of drug-likeness (QED) is 0.883. The van der Waals surface area contributed by atoms with Crippen LogP contribution in [-0.2, 0) is 16.6 Å². The molecule has 0 aliphatic heterocycles. The molecule has 0 aliphatic carbocycles. The zero-order valence-electron chi connectivity index (χ0n) is 12.1. The highest BCUT2D eigenvalue weighted by atomic mass is 32.2. The summed E-state index contributed by atoms with van der Waals surface area (Å²) in [6, 6.07) is 14.6. The van der Waals surface area contributed by atoms with Crippen molar-refractivity contribution < 1.29 is 8.42 Å². The number of nitrogens with two attached hydrogens (primary N) is 1. The summed E-state index contributed by atoms with van der Waals surface area (Å²) in [5.74, 6) is 0. The Labute approximate surface area is 125 Å². The van der Waals surface area contributed by atoms with Crippen LogP contribution in [0, 0.1) is 0 Å². The third-order valence-electron chi connectivity index (χ3n) is 3.34. The SMILES string of the molecule is CNS(=O)(=O)c1ccc(N(C)c2cccc(CN)c2)cc1. The average Bonchev–Trinajstić information content (AvgIpc) is 2.54. The number of hydrogen-bond donors (Lipinski definition) is 2. The lowest BCUT2D eigenvalue weighted by atomic mass is 10.2. The number of sulfonamides is 1. The Morgan fingerprint density at radius 2 is 1.76 bits per heavy atom. The molecule has 0 atom stereocenters. The Hall–Kier alpha value is -1.89. The smallest absolute Gasteiger partial charge is 0.240 e. The van der Waals surface area contributed by atoms with Crippen LogP contribution in [0.3, 0.4) is 0 Å². The molecule has 6 heteroatoms. The molecule has 0 radical (unpaired) electrons. The van der Waals surface area contributed by atoms with Crippen molar-refractivity contribution in [1.29, 1.82) is 0 Å². The first-order valence-electron chi connectivity index (χ1n) is 6.54. The summed E-state index contributed by atoms with van der Waals surface area (Å²) in [4.78, 5) is 2.23. The van der Waals surface area contributed by atoms with E-state index in [-0.39, 0.29) is 4.90 Å². The molecule has 2 aromatic carbocycles. The molecule has 2 rings (SSSR count). The number of hydrogen-bond acceptors (Lipinski definition) is 4. The zero-order valence-corrected chi connectivity index (χ0v) is 12.9. The number of benzene rings is 2. The van der Waals surface area contributed by atoms with Crippen LogP contribution in [0.1, 0.15) is 5.56 Å². The average molecular weight is 305 g/mol. The van der Waals surface area contributed by atoms with Crippen molar-refractivity contribution in [2.75, 3.05) is 19.0 Å². The highest BCUT2D eigenvalue weighted by molar-refractivity contribution is 7.89. The van der Waals surface area contributed by atoms with Crippen LogP contribution in [0.4, 0.5) is 11.4 Å². The summed E-state index contributed by atoms with van der Waals surface area (Å²) in [6.07, 6.45) is 0. The van der Waals surface area contributed by atoms with Gasteiger partial charge in [-0.25, -0.2) is 13.1 Å². The second-order valence-electron chi connectivity index (χ2n) is 4.63. The fraction of sp³-hybridized carbons (Fsp3) is 0.200. The van der Waals surface area contributed by atoms with Gasteiger partial charge in [0.15, 0.2) is 0 Å². The topological polar surface area (TPSA) is 75.4 Å². The first-order chi connectivity index (χ1) is 9.97. The predicted molar refractivity (Wildman–Crippen MR) is 85.1 cm³/mol. The van der Waals surface area contributed by atoms with E-state index in [4.69, 9.17) is 5.73 Å². The van der Waals surface area contributed by atoms with Gasteiger partial charge >= 0.3 is 0 Å². The molecule has 0 fully saturated rings. The van der Waals surface area contributed by atoms with Crippen molar-refractivity contribution in [3.05, 3.63) is 54.1 Å². The van der Waals surface area contributed by atoms with Crippen LogP contribution in [0.15, 0.2) is 53.4 Å². The summed E-state index contributed by atoms with van der Waals surface area (Å²) in [7, 11) is -0.0767. The highest BCUT2D eigenvalue weighted by Crippen LogP contribution is 2.25.